The number of pyridine rings is 1. The van der Waals surface area contributed by atoms with Crippen LogP contribution in [0.1, 0.15) is 62.0 Å². The Labute approximate surface area is 118 Å². The maximum absolute atomic E-state index is 4.49. The number of hydrogen-bond acceptors (Lipinski definition) is 2. The summed E-state index contributed by atoms with van der Waals surface area (Å²) in [5.41, 5.74) is 3.70. The molecule has 2 nitrogen and oxygen atoms in total. The van der Waals surface area contributed by atoms with Gasteiger partial charge in [0.05, 0.1) is 0 Å². The number of nitrogens with zero attached hydrogens (tertiary/aromatic N) is 1. The summed E-state index contributed by atoms with van der Waals surface area (Å²) in [4.78, 5) is 4.49. The van der Waals surface area contributed by atoms with Crippen molar-refractivity contribution in [2.24, 2.45) is 11.8 Å². The van der Waals surface area contributed by atoms with Crippen LogP contribution in [0, 0.1) is 25.7 Å². The van der Waals surface area contributed by atoms with E-state index in [9.17, 15) is 0 Å². The molecule has 0 bridgehead atoms. The standard InChI is InChI=1S/C17H28N2/c1-5-14-6-8-15(9-7-14)17(18-4)16-10-12(2)19-13(3)11-16/h10-11,14-15,17-18H,5-9H2,1-4H3. The predicted octanol–water partition coefficient (Wildman–Crippen LogP) is 4.18. The fourth-order valence-corrected chi connectivity index (χ4v) is 3.65. The number of nitrogens with one attached hydrogen (secondary N) is 1. The highest BCUT2D eigenvalue weighted by molar-refractivity contribution is 5.24. The number of aromatic nitrogens is 1. The second-order valence-corrected chi connectivity index (χ2v) is 6.14. The van der Waals surface area contributed by atoms with Gasteiger partial charge in [0.1, 0.15) is 0 Å². The van der Waals surface area contributed by atoms with Crippen LogP contribution >= 0.6 is 0 Å². The molecule has 0 spiro atoms. The fraction of sp³-hybridized carbons (Fsp3) is 0.706. The van der Waals surface area contributed by atoms with Crippen LogP contribution in [0.25, 0.3) is 0 Å². The van der Waals surface area contributed by atoms with Crippen LogP contribution in [0.3, 0.4) is 0 Å². The topological polar surface area (TPSA) is 24.9 Å². The Bertz CT molecular complexity index is 385. The van der Waals surface area contributed by atoms with E-state index in [0.29, 0.717) is 6.04 Å². The molecule has 2 heteroatoms. The summed E-state index contributed by atoms with van der Waals surface area (Å²) in [5, 5.41) is 3.55. The maximum atomic E-state index is 4.49. The summed E-state index contributed by atoms with van der Waals surface area (Å²) in [6.07, 6.45) is 6.89. The molecule has 1 aromatic heterocycles. The Morgan fingerprint density at radius 1 is 1.16 bits per heavy atom. The Morgan fingerprint density at radius 3 is 2.21 bits per heavy atom. The van der Waals surface area contributed by atoms with Gasteiger partial charge in [-0.3, -0.25) is 4.98 Å². The lowest BCUT2D eigenvalue weighted by atomic mass is 9.76. The first kappa shape index (κ1) is 14.5. The summed E-state index contributed by atoms with van der Waals surface area (Å²) in [6, 6.07) is 5.00. The average molecular weight is 260 g/mol. The third kappa shape index (κ3) is 3.56. The van der Waals surface area contributed by atoms with Gasteiger partial charge in [-0.25, -0.2) is 0 Å². The van der Waals surface area contributed by atoms with Gasteiger partial charge in [-0.2, -0.15) is 0 Å². The van der Waals surface area contributed by atoms with E-state index in [4.69, 9.17) is 0 Å². The molecule has 1 N–H and O–H groups in total. The average Bonchev–Trinajstić information content (AvgIpc) is 2.39. The number of hydrogen-bond donors (Lipinski definition) is 1. The highest BCUT2D eigenvalue weighted by Crippen LogP contribution is 2.37. The van der Waals surface area contributed by atoms with Crippen LogP contribution in [0.15, 0.2) is 12.1 Å². The maximum Gasteiger partial charge on any atom is 0.0379 e. The second kappa shape index (κ2) is 6.51. The Morgan fingerprint density at radius 2 is 1.74 bits per heavy atom. The highest BCUT2D eigenvalue weighted by atomic mass is 14.9. The van der Waals surface area contributed by atoms with E-state index < -0.39 is 0 Å². The van der Waals surface area contributed by atoms with E-state index in [1.165, 1.54) is 37.7 Å². The molecular formula is C17H28N2. The van der Waals surface area contributed by atoms with E-state index >= 15 is 0 Å². The monoisotopic (exact) mass is 260 g/mol. The summed E-state index contributed by atoms with van der Waals surface area (Å²) in [6.45, 7) is 6.52. The van der Waals surface area contributed by atoms with Crippen LogP contribution in [0.4, 0.5) is 0 Å². The van der Waals surface area contributed by atoms with Crippen molar-refractivity contribution in [2.75, 3.05) is 7.05 Å². The van der Waals surface area contributed by atoms with Crippen molar-refractivity contribution < 1.29 is 0 Å². The zero-order chi connectivity index (χ0) is 13.8. The zero-order valence-electron chi connectivity index (χ0n) is 12.9. The predicted molar refractivity (Wildman–Crippen MR) is 81.3 cm³/mol. The van der Waals surface area contributed by atoms with Gasteiger partial charge in [0, 0.05) is 17.4 Å². The van der Waals surface area contributed by atoms with Crippen molar-refractivity contribution in [1.29, 1.82) is 0 Å². The summed E-state index contributed by atoms with van der Waals surface area (Å²) in [5.74, 6) is 1.75. The molecule has 1 heterocycles. The van der Waals surface area contributed by atoms with Crippen molar-refractivity contribution in [3.63, 3.8) is 0 Å². The summed E-state index contributed by atoms with van der Waals surface area (Å²) in [7, 11) is 2.10. The van der Waals surface area contributed by atoms with Crippen LogP contribution in [0.5, 0.6) is 0 Å². The van der Waals surface area contributed by atoms with Crippen LogP contribution in [0.2, 0.25) is 0 Å². The fourth-order valence-electron chi connectivity index (χ4n) is 3.65. The van der Waals surface area contributed by atoms with Gasteiger partial charge in [-0.05, 0) is 63.3 Å². The molecule has 0 saturated heterocycles. The molecule has 19 heavy (non-hydrogen) atoms. The minimum absolute atomic E-state index is 0.498. The third-order valence-corrected chi connectivity index (χ3v) is 4.71. The molecule has 2 rings (SSSR count). The Kier molecular flexibility index (Phi) is 4.98. The SMILES string of the molecule is CCC1CCC(C(NC)c2cc(C)nc(C)c2)CC1. The van der Waals surface area contributed by atoms with Crippen molar-refractivity contribution in [2.45, 2.75) is 58.9 Å². The lowest BCUT2D eigenvalue weighted by Crippen LogP contribution is -2.29. The van der Waals surface area contributed by atoms with Gasteiger partial charge >= 0.3 is 0 Å². The van der Waals surface area contributed by atoms with E-state index in [1.807, 2.05) is 0 Å². The van der Waals surface area contributed by atoms with Crippen molar-refractivity contribution in [3.05, 3.63) is 29.1 Å². The van der Waals surface area contributed by atoms with E-state index in [1.54, 1.807) is 0 Å². The lowest BCUT2D eigenvalue weighted by molar-refractivity contribution is 0.224. The number of rotatable bonds is 4. The summed E-state index contributed by atoms with van der Waals surface area (Å²) < 4.78 is 0. The molecule has 0 aliphatic heterocycles. The zero-order valence-corrected chi connectivity index (χ0v) is 12.9. The van der Waals surface area contributed by atoms with Gasteiger partial charge in [-0.1, -0.05) is 26.2 Å². The lowest BCUT2D eigenvalue weighted by Gasteiger charge is -2.34. The molecule has 1 saturated carbocycles. The molecular weight excluding hydrogens is 232 g/mol. The van der Waals surface area contributed by atoms with Gasteiger partial charge < -0.3 is 5.32 Å². The van der Waals surface area contributed by atoms with Crippen molar-refractivity contribution in [3.8, 4) is 0 Å². The normalized spacial score (nSPS) is 25.3. The smallest absolute Gasteiger partial charge is 0.0379 e. The van der Waals surface area contributed by atoms with Gasteiger partial charge in [0.15, 0.2) is 0 Å². The molecule has 0 radical (unpaired) electrons. The molecule has 1 unspecified atom stereocenters. The van der Waals surface area contributed by atoms with E-state index in [2.05, 4.69) is 50.3 Å². The number of aryl methyl sites for hydroxylation is 2. The van der Waals surface area contributed by atoms with E-state index in [-0.39, 0.29) is 0 Å². The minimum Gasteiger partial charge on any atom is -0.313 e. The summed E-state index contributed by atoms with van der Waals surface area (Å²) >= 11 is 0. The van der Waals surface area contributed by atoms with Crippen LogP contribution in [-0.2, 0) is 0 Å². The highest BCUT2D eigenvalue weighted by Gasteiger charge is 2.27. The van der Waals surface area contributed by atoms with Crippen molar-refractivity contribution >= 4 is 0 Å². The molecule has 106 valence electrons. The first-order chi connectivity index (χ1) is 9.13. The first-order valence-corrected chi connectivity index (χ1v) is 7.76. The van der Waals surface area contributed by atoms with Crippen LogP contribution < -0.4 is 5.32 Å². The molecule has 1 aliphatic carbocycles. The Hall–Kier alpha value is -0.890. The van der Waals surface area contributed by atoms with Gasteiger partial charge in [0.2, 0.25) is 0 Å². The molecule has 1 fully saturated rings. The minimum atomic E-state index is 0.498. The molecule has 0 aromatic carbocycles. The molecule has 1 aliphatic rings. The van der Waals surface area contributed by atoms with Gasteiger partial charge in [-0.15, -0.1) is 0 Å². The Balaban J connectivity index is 2.11. The van der Waals surface area contributed by atoms with Crippen LogP contribution in [-0.4, -0.2) is 12.0 Å². The van der Waals surface area contributed by atoms with Gasteiger partial charge in [0.25, 0.3) is 0 Å². The molecule has 1 aromatic rings. The largest absolute Gasteiger partial charge is 0.313 e. The first-order valence-electron chi connectivity index (χ1n) is 7.76. The molecule has 0 amide bonds. The third-order valence-electron chi connectivity index (χ3n) is 4.71. The second-order valence-electron chi connectivity index (χ2n) is 6.14. The quantitative estimate of drug-likeness (QED) is 0.878. The van der Waals surface area contributed by atoms with Crippen molar-refractivity contribution in [1.82, 2.24) is 10.3 Å². The van der Waals surface area contributed by atoms with E-state index in [0.717, 1.165) is 23.2 Å². The molecule has 1 atom stereocenters.